The largest absolute Gasteiger partial charge is 0.305 e. The Morgan fingerprint density at radius 1 is 1.77 bits per heavy atom. The van der Waals surface area contributed by atoms with Crippen LogP contribution < -0.4 is 5.32 Å². The molecule has 0 saturated carbocycles. The number of thioether (sulfide) groups is 1. The fourth-order valence-corrected chi connectivity index (χ4v) is 1.64. The molecule has 1 aliphatic heterocycles. The van der Waals surface area contributed by atoms with Gasteiger partial charge < -0.3 is 5.32 Å². The maximum Gasteiger partial charge on any atom is 0.226 e. The van der Waals surface area contributed by atoms with E-state index in [4.69, 9.17) is 0 Å². The minimum absolute atomic E-state index is 0.0101. The number of amidine groups is 1. The Labute approximate surface area is 82.4 Å². The lowest BCUT2D eigenvalue weighted by atomic mass is 10.3. The summed E-state index contributed by atoms with van der Waals surface area (Å²) >= 11 is 1.59. The minimum atomic E-state index is 0.0101. The quantitative estimate of drug-likeness (QED) is 0.670. The number of carbonyl (C=O) groups is 1. The molecule has 0 aliphatic carbocycles. The molecule has 0 saturated heterocycles. The number of amides is 1. The van der Waals surface area contributed by atoms with Crippen LogP contribution in [0.2, 0.25) is 0 Å². The summed E-state index contributed by atoms with van der Waals surface area (Å²) in [4.78, 5) is 15.3. The first-order valence-corrected chi connectivity index (χ1v) is 5.18. The Balaban J connectivity index is 2.19. The molecule has 0 aromatic carbocycles. The van der Waals surface area contributed by atoms with Crippen LogP contribution >= 0.6 is 11.8 Å². The molecule has 70 valence electrons. The van der Waals surface area contributed by atoms with Crippen LogP contribution in [0.25, 0.3) is 0 Å². The summed E-state index contributed by atoms with van der Waals surface area (Å²) in [6.45, 7) is 2.59. The Bertz CT molecular complexity index is 275. The molecule has 1 amide bonds. The van der Waals surface area contributed by atoms with Crippen LogP contribution in [0.5, 0.6) is 0 Å². The Kier molecular flexibility index (Phi) is 4.41. The predicted molar refractivity (Wildman–Crippen MR) is 55.6 cm³/mol. The molecule has 1 heterocycles. The van der Waals surface area contributed by atoms with Crippen molar-refractivity contribution in [3.63, 3.8) is 0 Å². The van der Waals surface area contributed by atoms with E-state index in [1.54, 1.807) is 18.7 Å². The highest BCUT2D eigenvalue weighted by Crippen LogP contribution is 2.08. The van der Waals surface area contributed by atoms with Gasteiger partial charge in [0.25, 0.3) is 0 Å². The fraction of sp³-hybridized carbons (Fsp3) is 0.556. The van der Waals surface area contributed by atoms with E-state index in [2.05, 4.69) is 22.2 Å². The van der Waals surface area contributed by atoms with E-state index in [0.717, 1.165) is 17.5 Å². The third kappa shape index (κ3) is 4.00. The van der Waals surface area contributed by atoms with Gasteiger partial charge in [0.15, 0.2) is 5.17 Å². The van der Waals surface area contributed by atoms with Crippen molar-refractivity contribution in [2.75, 3.05) is 12.3 Å². The molecule has 0 radical (unpaired) electrons. The summed E-state index contributed by atoms with van der Waals surface area (Å²) in [5.74, 6) is 6.58. The second-order valence-electron chi connectivity index (χ2n) is 2.51. The molecule has 0 aromatic heterocycles. The Morgan fingerprint density at radius 2 is 2.62 bits per heavy atom. The van der Waals surface area contributed by atoms with Crippen molar-refractivity contribution < 1.29 is 4.79 Å². The monoisotopic (exact) mass is 196 g/mol. The van der Waals surface area contributed by atoms with Gasteiger partial charge in [0.2, 0.25) is 5.91 Å². The van der Waals surface area contributed by atoms with Crippen LogP contribution in [0.1, 0.15) is 19.8 Å². The number of hydrogen-bond donors (Lipinski definition) is 1. The number of hydrogen-bond acceptors (Lipinski definition) is 3. The van der Waals surface area contributed by atoms with E-state index >= 15 is 0 Å². The second-order valence-corrected chi connectivity index (χ2v) is 3.59. The predicted octanol–water partition coefficient (Wildman–Crippen LogP) is 1.01. The molecule has 1 aliphatic rings. The summed E-state index contributed by atoms with van der Waals surface area (Å²) in [7, 11) is 0. The second kappa shape index (κ2) is 5.65. The summed E-state index contributed by atoms with van der Waals surface area (Å²) < 4.78 is 0. The Morgan fingerprint density at radius 3 is 3.23 bits per heavy atom. The molecule has 0 fully saturated rings. The van der Waals surface area contributed by atoms with Crippen LogP contribution in [0, 0.1) is 11.8 Å². The number of aliphatic imine (C=N–C) groups is 1. The standard InChI is InChI=1S/C9H12N2OS/c1-2-3-4-5-8(12)11-9-10-6-7-13-9/h4-7H2,1H3,(H,10,11,12). The molecule has 0 spiro atoms. The van der Waals surface area contributed by atoms with Crippen molar-refractivity contribution in [3.8, 4) is 11.8 Å². The molecule has 0 aromatic rings. The smallest absolute Gasteiger partial charge is 0.226 e. The molecule has 4 heteroatoms. The van der Waals surface area contributed by atoms with Crippen molar-refractivity contribution in [1.82, 2.24) is 5.32 Å². The highest BCUT2D eigenvalue weighted by atomic mass is 32.2. The lowest BCUT2D eigenvalue weighted by Crippen LogP contribution is -2.26. The molecule has 13 heavy (non-hydrogen) atoms. The van der Waals surface area contributed by atoms with Gasteiger partial charge in [0, 0.05) is 18.6 Å². The normalized spacial score (nSPS) is 14.4. The van der Waals surface area contributed by atoms with Gasteiger partial charge in [-0.05, 0) is 6.92 Å². The van der Waals surface area contributed by atoms with Gasteiger partial charge in [0.05, 0.1) is 6.54 Å². The lowest BCUT2D eigenvalue weighted by molar-refractivity contribution is -0.119. The molecule has 1 rings (SSSR count). The van der Waals surface area contributed by atoms with Crippen molar-refractivity contribution in [2.45, 2.75) is 19.8 Å². The average molecular weight is 196 g/mol. The molecule has 0 atom stereocenters. The van der Waals surface area contributed by atoms with Gasteiger partial charge in [-0.3, -0.25) is 9.79 Å². The van der Waals surface area contributed by atoms with Crippen LogP contribution in [0.3, 0.4) is 0 Å². The molecular formula is C9H12N2OS. The minimum Gasteiger partial charge on any atom is -0.305 e. The van der Waals surface area contributed by atoms with Gasteiger partial charge in [0.1, 0.15) is 0 Å². The first-order valence-electron chi connectivity index (χ1n) is 4.19. The topological polar surface area (TPSA) is 41.5 Å². The van der Waals surface area contributed by atoms with Gasteiger partial charge in [-0.1, -0.05) is 11.8 Å². The SMILES string of the molecule is CC#CCCC(=O)NC1=NCCS1. The maximum atomic E-state index is 11.2. The zero-order chi connectivity index (χ0) is 9.52. The lowest BCUT2D eigenvalue weighted by Gasteiger charge is -2.00. The molecule has 0 unspecified atom stereocenters. The zero-order valence-electron chi connectivity index (χ0n) is 7.59. The first-order chi connectivity index (χ1) is 6.33. The number of rotatable bonds is 2. The number of carbonyl (C=O) groups excluding carboxylic acids is 1. The van der Waals surface area contributed by atoms with Gasteiger partial charge in [-0.15, -0.1) is 11.8 Å². The van der Waals surface area contributed by atoms with Crippen molar-refractivity contribution in [1.29, 1.82) is 0 Å². The van der Waals surface area contributed by atoms with Gasteiger partial charge in [-0.25, -0.2) is 0 Å². The molecular weight excluding hydrogens is 184 g/mol. The van der Waals surface area contributed by atoms with Gasteiger partial charge in [-0.2, -0.15) is 0 Å². The van der Waals surface area contributed by atoms with Crippen molar-refractivity contribution >= 4 is 22.8 Å². The zero-order valence-corrected chi connectivity index (χ0v) is 8.41. The van der Waals surface area contributed by atoms with Crippen LogP contribution in [-0.4, -0.2) is 23.4 Å². The molecule has 0 bridgehead atoms. The third-order valence-corrected chi connectivity index (χ3v) is 2.38. The number of nitrogens with zero attached hydrogens (tertiary/aromatic N) is 1. The average Bonchev–Trinajstić information content (AvgIpc) is 2.57. The Hall–Kier alpha value is -0.950. The first kappa shape index (κ1) is 10.1. The highest BCUT2D eigenvalue weighted by molar-refractivity contribution is 8.14. The molecule has 3 nitrogen and oxygen atoms in total. The summed E-state index contributed by atoms with van der Waals surface area (Å²) in [5.41, 5.74) is 0. The maximum absolute atomic E-state index is 11.2. The van der Waals surface area contributed by atoms with Crippen LogP contribution in [0.15, 0.2) is 4.99 Å². The number of nitrogens with one attached hydrogen (secondary N) is 1. The van der Waals surface area contributed by atoms with Gasteiger partial charge >= 0.3 is 0 Å². The van der Waals surface area contributed by atoms with Crippen molar-refractivity contribution in [2.24, 2.45) is 4.99 Å². The van der Waals surface area contributed by atoms with E-state index in [1.165, 1.54) is 0 Å². The van der Waals surface area contributed by atoms with E-state index in [9.17, 15) is 4.79 Å². The van der Waals surface area contributed by atoms with E-state index < -0.39 is 0 Å². The van der Waals surface area contributed by atoms with E-state index in [1.807, 2.05) is 0 Å². The van der Waals surface area contributed by atoms with Crippen LogP contribution in [-0.2, 0) is 4.79 Å². The van der Waals surface area contributed by atoms with Crippen LogP contribution in [0.4, 0.5) is 0 Å². The highest BCUT2D eigenvalue weighted by Gasteiger charge is 2.09. The van der Waals surface area contributed by atoms with E-state index in [-0.39, 0.29) is 5.91 Å². The third-order valence-electron chi connectivity index (χ3n) is 1.49. The summed E-state index contributed by atoms with van der Waals surface area (Å²) in [6, 6.07) is 0. The molecule has 1 N–H and O–H groups in total. The summed E-state index contributed by atoms with van der Waals surface area (Å²) in [5, 5.41) is 3.50. The fourth-order valence-electron chi connectivity index (χ4n) is 0.894. The summed E-state index contributed by atoms with van der Waals surface area (Å²) in [6.07, 6.45) is 1.08. The van der Waals surface area contributed by atoms with E-state index in [0.29, 0.717) is 12.8 Å². The van der Waals surface area contributed by atoms with Crippen molar-refractivity contribution in [3.05, 3.63) is 0 Å².